The topological polar surface area (TPSA) is 44.8 Å². The van der Waals surface area contributed by atoms with Gasteiger partial charge in [0.1, 0.15) is 5.75 Å². The van der Waals surface area contributed by atoms with Gasteiger partial charge in [0.25, 0.3) is 0 Å². The van der Waals surface area contributed by atoms with Crippen LogP contribution in [-0.2, 0) is 20.9 Å². The number of benzene rings is 1. The maximum absolute atomic E-state index is 12.3. The maximum atomic E-state index is 12.3. The van der Waals surface area contributed by atoms with Gasteiger partial charge in [-0.2, -0.15) is 0 Å². The SMILES string of the molecule is C=[C]([C@H]1C[C@@H](C[C@H](C)CC/C=C(\C)COCc2ccc(OC)cc2)OC1=O)[Sn]([CH3])([CH3])[CH3]. The number of rotatable bonds is 12. The molecule has 0 aromatic heterocycles. The van der Waals surface area contributed by atoms with Gasteiger partial charge >= 0.3 is 139 Å². The van der Waals surface area contributed by atoms with Gasteiger partial charge < -0.3 is 4.74 Å². The van der Waals surface area contributed by atoms with Crippen LogP contribution in [0.25, 0.3) is 0 Å². The molecule has 0 amide bonds. The number of esters is 1. The number of hydrogen-bond donors (Lipinski definition) is 0. The molecule has 3 atom stereocenters. The van der Waals surface area contributed by atoms with E-state index < -0.39 is 18.4 Å². The summed E-state index contributed by atoms with van der Waals surface area (Å²) >= 11 is -2.28. The molecule has 0 spiro atoms. The Bertz CT molecular complexity index is 761. The second-order valence-corrected chi connectivity index (χ2v) is 24.6. The van der Waals surface area contributed by atoms with Crippen LogP contribution in [0.1, 0.15) is 45.1 Å². The monoisotopic (exact) mass is 536 g/mol. The van der Waals surface area contributed by atoms with Crippen LogP contribution in [0.5, 0.6) is 5.75 Å². The second-order valence-electron chi connectivity index (χ2n) is 9.93. The molecule has 0 saturated carbocycles. The molecule has 5 heteroatoms. The summed E-state index contributed by atoms with van der Waals surface area (Å²) in [4.78, 5) is 19.3. The fourth-order valence-corrected chi connectivity index (χ4v) is 7.55. The van der Waals surface area contributed by atoms with Gasteiger partial charge in [-0.15, -0.1) is 0 Å². The van der Waals surface area contributed by atoms with Crippen molar-refractivity contribution >= 4 is 24.3 Å². The zero-order valence-corrected chi connectivity index (χ0v) is 23.1. The Morgan fingerprint density at radius 2 is 1.97 bits per heavy atom. The normalized spacial score (nSPS) is 20.5. The molecule has 1 aromatic carbocycles. The molecule has 172 valence electrons. The van der Waals surface area contributed by atoms with E-state index in [0.717, 1.165) is 37.0 Å². The van der Waals surface area contributed by atoms with Crippen LogP contribution in [0, 0.1) is 11.8 Å². The number of hydrogen-bond acceptors (Lipinski definition) is 4. The van der Waals surface area contributed by atoms with E-state index in [1.807, 2.05) is 24.3 Å². The average molecular weight is 535 g/mol. The Morgan fingerprint density at radius 3 is 2.58 bits per heavy atom. The first-order valence-corrected chi connectivity index (χ1v) is 21.3. The molecule has 4 nitrogen and oxygen atoms in total. The predicted molar refractivity (Wildman–Crippen MR) is 130 cm³/mol. The summed E-state index contributed by atoms with van der Waals surface area (Å²) in [6, 6.07) is 7.96. The van der Waals surface area contributed by atoms with E-state index >= 15 is 0 Å². The third-order valence-electron chi connectivity index (χ3n) is 6.02. The van der Waals surface area contributed by atoms with E-state index in [-0.39, 0.29) is 18.0 Å². The van der Waals surface area contributed by atoms with Crippen LogP contribution in [-0.4, -0.2) is 44.2 Å². The van der Waals surface area contributed by atoms with E-state index in [2.05, 4.69) is 41.3 Å². The number of allylic oxidation sites excluding steroid dienone is 1. The Hall–Kier alpha value is -1.27. The first-order chi connectivity index (χ1) is 14.6. The summed E-state index contributed by atoms with van der Waals surface area (Å²) in [6.45, 7) is 9.87. The molecule has 1 fully saturated rings. The Morgan fingerprint density at radius 1 is 1.29 bits per heavy atom. The average Bonchev–Trinajstić information content (AvgIpc) is 3.06. The number of carbonyl (C=O) groups is 1. The van der Waals surface area contributed by atoms with Gasteiger partial charge in [-0.1, -0.05) is 12.1 Å². The van der Waals surface area contributed by atoms with E-state index in [1.165, 1.54) is 9.16 Å². The van der Waals surface area contributed by atoms with Crippen molar-refractivity contribution in [3.63, 3.8) is 0 Å². The third kappa shape index (κ3) is 8.64. The number of cyclic esters (lactones) is 1. The van der Waals surface area contributed by atoms with Crippen LogP contribution >= 0.6 is 0 Å². The molecule has 1 heterocycles. The van der Waals surface area contributed by atoms with Crippen LogP contribution < -0.4 is 4.74 Å². The molecule has 1 aliphatic rings. The van der Waals surface area contributed by atoms with Crippen LogP contribution in [0.3, 0.4) is 0 Å². The quantitative estimate of drug-likeness (QED) is 0.178. The van der Waals surface area contributed by atoms with Crippen LogP contribution in [0.2, 0.25) is 14.8 Å². The van der Waals surface area contributed by atoms with Crippen molar-refractivity contribution in [3.05, 3.63) is 51.6 Å². The molecule has 1 aliphatic heterocycles. The van der Waals surface area contributed by atoms with Crippen molar-refractivity contribution in [1.29, 1.82) is 0 Å². The Balaban J connectivity index is 1.67. The van der Waals surface area contributed by atoms with Gasteiger partial charge in [0.05, 0.1) is 13.7 Å². The fourth-order valence-electron chi connectivity index (χ4n) is 3.90. The van der Waals surface area contributed by atoms with Crippen LogP contribution in [0.4, 0.5) is 0 Å². The number of carbonyl (C=O) groups excluding carboxylic acids is 1. The molecule has 0 aliphatic carbocycles. The molecule has 1 saturated heterocycles. The van der Waals surface area contributed by atoms with Crippen molar-refractivity contribution in [2.24, 2.45) is 11.8 Å². The summed E-state index contributed by atoms with van der Waals surface area (Å²) in [6.07, 6.45) is 6.20. The summed E-state index contributed by atoms with van der Waals surface area (Å²) in [5.41, 5.74) is 2.40. The van der Waals surface area contributed by atoms with E-state index in [9.17, 15) is 4.79 Å². The van der Waals surface area contributed by atoms with Crippen molar-refractivity contribution in [1.82, 2.24) is 0 Å². The molecule has 2 rings (SSSR count). The zero-order chi connectivity index (χ0) is 23.0. The van der Waals surface area contributed by atoms with Crippen molar-refractivity contribution < 1.29 is 19.0 Å². The molecule has 0 unspecified atom stereocenters. The predicted octanol–water partition coefficient (Wildman–Crippen LogP) is 6.33. The van der Waals surface area contributed by atoms with Gasteiger partial charge in [0.15, 0.2) is 0 Å². The molecule has 1 aromatic rings. The second kappa shape index (κ2) is 12.1. The minimum absolute atomic E-state index is 0.0430. The van der Waals surface area contributed by atoms with E-state index in [1.54, 1.807) is 7.11 Å². The van der Waals surface area contributed by atoms with Gasteiger partial charge in [-0.25, -0.2) is 0 Å². The minimum atomic E-state index is -2.28. The van der Waals surface area contributed by atoms with Crippen LogP contribution in [0.15, 0.2) is 46.1 Å². The number of methoxy groups -OCH3 is 1. The summed E-state index contributed by atoms with van der Waals surface area (Å²) in [5.74, 6) is 1.28. The Kier molecular flexibility index (Phi) is 10.1. The molecule has 0 N–H and O–H groups in total. The van der Waals surface area contributed by atoms with Gasteiger partial charge in [0, 0.05) is 0 Å². The first-order valence-electron chi connectivity index (χ1n) is 11.4. The first kappa shape index (κ1) is 26.0. The molecule has 0 bridgehead atoms. The fraction of sp³-hybridized carbons (Fsp3) is 0.577. The standard InChI is InChI=1S/C23H31O4.3CH3.Sn/c1-5-20-14-22(27-23(20)24)13-17(2)7-6-8-18(3)15-26-16-19-9-11-21(25-4)12-10-19;;;;/h8-12,17,20,22H,1,6-7,13-16H2,2-4H3;3*1H3;/b18-8+;;;;/t17-,20+,22-;;;;/m1..../s1. The van der Waals surface area contributed by atoms with Gasteiger partial charge in [0.2, 0.25) is 0 Å². The summed E-state index contributed by atoms with van der Waals surface area (Å²) in [7, 11) is 1.67. The molecule has 31 heavy (non-hydrogen) atoms. The van der Waals surface area contributed by atoms with E-state index in [4.69, 9.17) is 14.2 Å². The van der Waals surface area contributed by atoms with Crippen molar-refractivity contribution in [2.75, 3.05) is 13.7 Å². The third-order valence-corrected chi connectivity index (χ3v) is 12.5. The summed E-state index contributed by atoms with van der Waals surface area (Å²) in [5, 5.41) is 0. The number of ether oxygens (including phenoxy) is 3. The van der Waals surface area contributed by atoms with Gasteiger partial charge in [-0.05, 0) is 17.7 Å². The zero-order valence-electron chi connectivity index (χ0n) is 20.2. The molecular formula is C26H40O4Sn. The molecule has 0 radical (unpaired) electrons. The summed E-state index contributed by atoms with van der Waals surface area (Å²) < 4.78 is 17.9. The molecular weight excluding hydrogens is 495 g/mol. The Labute approximate surface area is 192 Å². The van der Waals surface area contributed by atoms with Crippen molar-refractivity contribution in [3.8, 4) is 5.75 Å². The van der Waals surface area contributed by atoms with Gasteiger partial charge in [-0.3, -0.25) is 0 Å². The van der Waals surface area contributed by atoms with E-state index in [0.29, 0.717) is 19.1 Å². The van der Waals surface area contributed by atoms with Crippen molar-refractivity contribution in [2.45, 2.75) is 67.1 Å².